The number of amides is 2. The van der Waals surface area contributed by atoms with Gasteiger partial charge in [0.05, 0.1) is 6.61 Å². The summed E-state index contributed by atoms with van der Waals surface area (Å²) in [4.78, 5) is 24.1. The van der Waals surface area contributed by atoms with Crippen LogP contribution in [0.25, 0.3) is 0 Å². The highest BCUT2D eigenvalue weighted by molar-refractivity contribution is 6.30. The lowest BCUT2D eigenvalue weighted by Gasteiger charge is -2.11. The lowest BCUT2D eigenvalue weighted by atomic mass is 10.1. The monoisotopic (exact) mass is 404 g/mol. The van der Waals surface area contributed by atoms with Gasteiger partial charge in [-0.15, -0.1) is 0 Å². The topological polar surface area (TPSA) is 76.7 Å². The van der Waals surface area contributed by atoms with Crippen LogP contribution in [0.2, 0.25) is 5.02 Å². The number of hydrogen-bond donors (Lipinski definition) is 2. The molecule has 7 heteroatoms. The van der Waals surface area contributed by atoms with Crippen LogP contribution in [-0.4, -0.2) is 25.0 Å². The zero-order valence-electron chi connectivity index (χ0n) is 16.3. The maximum atomic E-state index is 12.2. The van der Waals surface area contributed by atoms with E-state index in [1.165, 1.54) is 0 Å². The molecule has 0 aliphatic heterocycles. The van der Waals surface area contributed by atoms with Crippen LogP contribution in [-0.2, 0) is 4.79 Å². The summed E-state index contributed by atoms with van der Waals surface area (Å²) in [6, 6.07) is 11.9. The van der Waals surface area contributed by atoms with Crippen molar-refractivity contribution >= 4 is 23.4 Å². The number of ether oxygens (including phenoxy) is 2. The third kappa shape index (κ3) is 7.12. The van der Waals surface area contributed by atoms with Crippen LogP contribution in [0, 0.1) is 12.8 Å². The van der Waals surface area contributed by atoms with E-state index in [-0.39, 0.29) is 6.61 Å². The molecule has 150 valence electrons. The number of halogens is 1. The molecular weight excluding hydrogens is 380 g/mol. The minimum Gasteiger partial charge on any atom is -0.494 e. The van der Waals surface area contributed by atoms with Gasteiger partial charge in [-0.25, -0.2) is 0 Å². The molecule has 0 aliphatic carbocycles. The van der Waals surface area contributed by atoms with Crippen molar-refractivity contribution < 1.29 is 19.1 Å². The first-order valence-electron chi connectivity index (χ1n) is 9.06. The fourth-order valence-electron chi connectivity index (χ4n) is 2.29. The third-order valence-electron chi connectivity index (χ3n) is 3.87. The highest BCUT2D eigenvalue weighted by Crippen LogP contribution is 2.21. The van der Waals surface area contributed by atoms with Crippen LogP contribution >= 0.6 is 11.6 Å². The standard InChI is InChI=1S/C21H25ClN2O4/c1-14(2)9-10-27-18-6-4-5-16(12-18)21(26)24-23-20(25)13-28-19-8-7-17(22)11-15(19)3/h4-8,11-12,14H,9-10,13H2,1-3H3,(H,23,25)(H,24,26). The summed E-state index contributed by atoms with van der Waals surface area (Å²) < 4.78 is 11.1. The Morgan fingerprint density at radius 3 is 2.57 bits per heavy atom. The minimum absolute atomic E-state index is 0.235. The fourth-order valence-corrected chi connectivity index (χ4v) is 2.52. The Kier molecular flexibility index (Phi) is 8.14. The van der Waals surface area contributed by atoms with Crippen molar-refractivity contribution in [2.75, 3.05) is 13.2 Å². The van der Waals surface area contributed by atoms with Gasteiger partial charge in [0.25, 0.3) is 11.8 Å². The molecule has 6 nitrogen and oxygen atoms in total. The van der Waals surface area contributed by atoms with E-state index in [4.69, 9.17) is 21.1 Å². The molecule has 0 saturated carbocycles. The molecule has 0 spiro atoms. The Labute approximate surface area is 170 Å². The van der Waals surface area contributed by atoms with Gasteiger partial charge in [0.2, 0.25) is 0 Å². The highest BCUT2D eigenvalue weighted by atomic mass is 35.5. The highest BCUT2D eigenvalue weighted by Gasteiger charge is 2.10. The van der Waals surface area contributed by atoms with Crippen LogP contribution in [0.4, 0.5) is 0 Å². The number of aryl methyl sites for hydroxylation is 1. The normalized spacial score (nSPS) is 10.5. The Hall–Kier alpha value is -2.73. The lowest BCUT2D eigenvalue weighted by molar-refractivity contribution is -0.123. The van der Waals surface area contributed by atoms with Crippen molar-refractivity contribution in [3.05, 3.63) is 58.6 Å². The van der Waals surface area contributed by atoms with Crippen molar-refractivity contribution in [2.24, 2.45) is 5.92 Å². The molecule has 2 aromatic rings. The first-order valence-corrected chi connectivity index (χ1v) is 9.44. The summed E-state index contributed by atoms with van der Waals surface area (Å²) >= 11 is 5.88. The summed E-state index contributed by atoms with van der Waals surface area (Å²) in [5.74, 6) is 0.788. The molecule has 2 N–H and O–H groups in total. The summed E-state index contributed by atoms with van der Waals surface area (Å²) in [6.45, 7) is 6.42. The lowest BCUT2D eigenvalue weighted by Crippen LogP contribution is -2.43. The predicted octanol–water partition coefficient (Wildman–Crippen LogP) is 3.91. The maximum absolute atomic E-state index is 12.2. The molecule has 0 saturated heterocycles. The van der Waals surface area contributed by atoms with Crippen LogP contribution in [0.3, 0.4) is 0 Å². The third-order valence-corrected chi connectivity index (χ3v) is 4.11. The molecule has 28 heavy (non-hydrogen) atoms. The summed E-state index contributed by atoms with van der Waals surface area (Å²) in [6.07, 6.45) is 0.930. The van der Waals surface area contributed by atoms with Gasteiger partial charge in [-0.2, -0.15) is 0 Å². The van der Waals surface area contributed by atoms with Gasteiger partial charge in [-0.3, -0.25) is 20.4 Å². The summed E-state index contributed by atoms with van der Waals surface area (Å²) in [5, 5.41) is 0.594. The molecule has 0 fully saturated rings. The van der Waals surface area contributed by atoms with Crippen LogP contribution < -0.4 is 20.3 Å². The van der Waals surface area contributed by atoms with E-state index in [0.717, 1.165) is 12.0 Å². The number of hydrogen-bond acceptors (Lipinski definition) is 4. The molecule has 2 rings (SSSR count). The van der Waals surface area contributed by atoms with E-state index in [2.05, 4.69) is 24.7 Å². The maximum Gasteiger partial charge on any atom is 0.276 e. The van der Waals surface area contributed by atoms with Crippen molar-refractivity contribution in [1.82, 2.24) is 10.9 Å². The van der Waals surface area contributed by atoms with Gasteiger partial charge in [-0.05, 0) is 61.2 Å². The van der Waals surface area contributed by atoms with Gasteiger partial charge >= 0.3 is 0 Å². The number of nitrogens with one attached hydrogen (secondary N) is 2. The zero-order valence-corrected chi connectivity index (χ0v) is 17.0. The van der Waals surface area contributed by atoms with Gasteiger partial charge in [0.15, 0.2) is 6.61 Å². The molecule has 2 aromatic carbocycles. The average molecular weight is 405 g/mol. The average Bonchev–Trinajstić information content (AvgIpc) is 2.65. The molecule has 0 radical (unpaired) electrons. The van der Waals surface area contributed by atoms with E-state index in [9.17, 15) is 9.59 Å². The molecule has 0 heterocycles. The molecule has 0 unspecified atom stereocenters. The summed E-state index contributed by atoms with van der Waals surface area (Å²) in [7, 11) is 0. The largest absolute Gasteiger partial charge is 0.494 e. The minimum atomic E-state index is -0.480. The first kappa shape index (κ1) is 21.6. The molecule has 2 amide bonds. The Balaban J connectivity index is 1.80. The summed E-state index contributed by atoms with van der Waals surface area (Å²) in [5.41, 5.74) is 5.90. The molecule has 0 aromatic heterocycles. The van der Waals surface area contributed by atoms with Gasteiger partial charge in [0.1, 0.15) is 11.5 Å². The smallest absolute Gasteiger partial charge is 0.276 e. The first-order chi connectivity index (χ1) is 13.3. The SMILES string of the molecule is Cc1cc(Cl)ccc1OCC(=O)NNC(=O)c1cccc(OCCC(C)C)c1. The van der Waals surface area contributed by atoms with E-state index in [1.807, 2.05) is 6.92 Å². The van der Waals surface area contributed by atoms with Crippen molar-refractivity contribution in [1.29, 1.82) is 0 Å². The molecule has 0 aliphatic rings. The number of rotatable bonds is 8. The Bertz CT molecular complexity index is 824. The predicted molar refractivity (Wildman–Crippen MR) is 109 cm³/mol. The van der Waals surface area contributed by atoms with Gasteiger partial charge in [0, 0.05) is 10.6 Å². The zero-order chi connectivity index (χ0) is 20.5. The number of benzene rings is 2. The Morgan fingerprint density at radius 2 is 1.86 bits per heavy atom. The van der Waals surface area contributed by atoms with Crippen molar-refractivity contribution in [3.8, 4) is 11.5 Å². The second-order valence-electron chi connectivity index (χ2n) is 6.76. The number of carbonyl (C=O) groups is 2. The number of hydrazine groups is 1. The van der Waals surface area contributed by atoms with Crippen LogP contribution in [0.15, 0.2) is 42.5 Å². The fraction of sp³-hybridized carbons (Fsp3) is 0.333. The van der Waals surface area contributed by atoms with Gasteiger partial charge < -0.3 is 9.47 Å². The van der Waals surface area contributed by atoms with Crippen LogP contribution in [0.1, 0.15) is 36.2 Å². The van der Waals surface area contributed by atoms with E-state index >= 15 is 0 Å². The quantitative estimate of drug-likeness (QED) is 0.654. The van der Waals surface area contributed by atoms with Crippen LogP contribution in [0.5, 0.6) is 11.5 Å². The second kappa shape index (κ2) is 10.6. The van der Waals surface area contributed by atoms with Gasteiger partial charge in [-0.1, -0.05) is 31.5 Å². The molecule has 0 bridgehead atoms. The number of carbonyl (C=O) groups excluding carboxylic acids is 2. The van der Waals surface area contributed by atoms with E-state index < -0.39 is 11.8 Å². The van der Waals surface area contributed by atoms with Crippen molar-refractivity contribution in [2.45, 2.75) is 27.2 Å². The van der Waals surface area contributed by atoms with Crippen molar-refractivity contribution in [3.63, 3.8) is 0 Å². The van der Waals surface area contributed by atoms with E-state index in [1.54, 1.807) is 42.5 Å². The Morgan fingerprint density at radius 1 is 1.07 bits per heavy atom. The van der Waals surface area contributed by atoms with E-state index in [0.29, 0.717) is 34.6 Å². The molecular formula is C21H25ClN2O4. The molecule has 0 atom stereocenters. The second-order valence-corrected chi connectivity index (χ2v) is 7.20.